The monoisotopic (exact) mass is 398 g/mol. The second-order valence-electron chi connectivity index (χ2n) is 7.46. The number of rotatable bonds is 3. The summed E-state index contributed by atoms with van der Waals surface area (Å²) in [6, 6.07) is 11.8. The number of hydrogen-bond donors (Lipinski definition) is 0. The summed E-state index contributed by atoms with van der Waals surface area (Å²) in [6.45, 7) is 3.57. The third-order valence-electron chi connectivity index (χ3n) is 5.67. The number of halogens is 1. The van der Waals surface area contributed by atoms with E-state index in [0.29, 0.717) is 36.1 Å². The molecule has 146 valence electrons. The third kappa shape index (κ3) is 3.35. The van der Waals surface area contributed by atoms with Crippen LogP contribution in [0.1, 0.15) is 23.1 Å². The molecule has 28 heavy (non-hydrogen) atoms. The minimum Gasteiger partial charge on any atom is -0.495 e. The highest BCUT2D eigenvalue weighted by Gasteiger charge is 2.39. The molecule has 0 aliphatic carbocycles. The number of methoxy groups -OCH3 is 1. The van der Waals surface area contributed by atoms with Gasteiger partial charge in [-0.1, -0.05) is 35.9 Å². The van der Waals surface area contributed by atoms with Crippen molar-refractivity contribution in [3.05, 3.63) is 58.1 Å². The number of aryl methyl sites for hydroxylation is 1. The van der Waals surface area contributed by atoms with E-state index in [0.717, 1.165) is 12.0 Å². The van der Waals surface area contributed by atoms with E-state index in [4.69, 9.17) is 16.3 Å². The van der Waals surface area contributed by atoms with Gasteiger partial charge in [-0.2, -0.15) is 0 Å². The van der Waals surface area contributed by atoms with Crippen LogP contribution in [0.25, 0.3) is 0 Å². The van der Waals surface area contributed by atoms with Gasteiger partial charge >= 0.3 is 0 Å². The summed E-state index contributed by atoms with van der Waals surface area (Å²) in [4.78, 5) is 29.3. The number of benzene rings is 2. The van der Waals surface area contributed by atoms with Crippen LogP contribution in [0.2, 0.25) is 5.02 Å². The normalized spacial score (nSPS) is 19.0. The van der Waals surface area contributed by atoms with Gasteiger partial charge in [0.05, 0.1) is 18.7 Å². The summed E-state index contributed by atoms with van der Waals surface area (Å²) in [7, 11) is 1.55. The van der Waals surface area contributed by atoms with Crippen molar-refractivity contribution in [2.75, 3.05) is 25.1 Å². The number of nitrogens with zero attached hydrogens (tertiary/aromatic N) is 2. The first-order valence-corrected chi connectivity index (χ1v) is 9.85. The number of carbonyl (C=O) groups excluding carboxylic acids is 2. The van der Waals surface area contributed by atoms with Crippen molar-refractivity contribution in [2.24, 2.45) is 5.92 Å². The Morgan fingerprint density at radius 3 is 2.71 bits per heavy atom. The summed E-state index contributed by atoms with van der Waals surface area (Å²) < 4.78 is 5.42. The molecule has 4 rings (SSSR count). The lowest BCUT2D eigenvalue weighted by molar-refractivity contribution is -0.136. The first-order valence-electron chi connectivity index (χ1n) is 9.48. The Morgan fingerprint density at radius 1 is 1.21 bits per heavy atom. The molecule has 0 radical (unpaired) electrons. The average molecular weight is 399 g/mol. The summed E-state index contributed by atoms with van der Waals surface area (Å²) in [5.41, 5.74) is 4.04. The largest absolute Gasteiger partial charge is 0.495 e. The van der Waals surface area contributed by atoms with Crippen LogP contribution in [0.15, 0.2) is 36.4 Å². The first-order chi connectivity index (χ1) is 13.5. The number of anilines is 1. The van der Waals surface area contributed by atoms with E-state index in [1.54, 1.807) is 18.1 Å². The van der Waals surface area contributed by atoms with Gasteiger partial charge in [-0.05, 0) is 36.1 Å². The van der Waals surface area contributed by atoms with Gasteiger partial charge in [-0.25, -0.2) is 0 Å². The summed E-state index contributed by atoms with van der Waals surface area (Å²) in [6.07, 6.45) is 1.08. The zero-order valence-corrected chi connectivity index (χ0v) is 16.8. The molecule has 6 heteroatoms. The quantitative estimate of drug-likeness (QED) is 0.793. The Morgan fingerprint density at radius 2 is 1.96 bits per heavy atom. The van der Waals surface area contributed by atoms with Crippen molar-refractivity contribution in [3.8, 4) is 5.75 Å². The Labute approximate surface area is 169 Å². The van der Waals surface area contributed by atoms with E-state index >= 15 is 0 Å². The fraction of sp³-hybridized carbons (Fsp3) is 0.364. The van der Waals surface area contributed by atoms with Crippen molar-refractivity contribution in [3.63, 3.8) is 0 Å². The van der Waals surface area contributed by atoms with Gasteiger partial charge in [0.25, 0.3) is 0 Å². The van der Waals surface area contributed by atoms with Crippen LogP contribution < -0.4 is 9.64 Å². The molecule has 2 aliphatic heterocycles. The Kier molecular flexibility index (Phi) is 5.02. The van der Waals surface area contributed by atoms with Crippen molar-refractivity contribution < 1.29 is 14.3 Å². The van der Waals surface area contributed by atoms with Crippen molar-refractivity contribution in [1.82, 2.24) is 4.90 Å². The maximum absolute atomic E-state index is 13.1. The minimum atomic E-state index is -0.335. The van der Waals surface area contributed by atoms with E-state index in [1.807, 2.05) is 30.0 Å². The molecule has 0 spiro atoms. The number of hydrogen-bond acceptors (Lipinski definition) is 3. The second-order valence-corrected chi connectivity index (χ2v) is 7.86. The highest BCUT2D eigenvalue weighted by molar-refractivity contribution is 6.31. The molecule has 0 aromatic heterocycles. The molecule has 1 fully saturated rings. The van der Waals surface area contributed by atoms with E-state index in [-0.39, 0.29) is 24.2 Å². The lowest BCUT2D eigenvalue weighted by atomic mass is 9.98. The topological polar surface area (TPSA) is 49.9 Å². The molecule has 2 aromatic rings. The molecular weight excluding hydrogens is 376 g/mol. The highest BCUT2D eigenvalue weighted by atomic mass is 35.5. The SMILES string of the molecule is COc1cc(Cl)c(C)cc1N1CC(C(=O)N2CCc3ccccc3C2)CC1=O. The lowest BCUT2D eigenvalue weighted by Gasteiger charge is -2.30. The zero-order valence-electron chi connectivity index (χ0n) is 16.1. The predicted molar refractivity (Wildman–Crippen MR) is 109 cm³/mol. The van der Waals surface area contributed by atoms with Crippen molar-refractivity contribution >= 4 is 29.1 Å². The van der Waals surface area contributed by atoms with Crippen LogP contribution in [0.4, 0.5) is 5.69 Å². The molecule has 0 N–H and O–H groups in total. The molecule has 2 amide bonds. The minimum absolute atomic E-state index is 0.0509. The second kappa shape index (κ2) is 7.47. The predicted octanol–water partition coefficient (Wildman–Crippen LogP) is 3.59. The van der Waals surface area contributed by atoms with Gasteiger partial charge in [0.2, 0.25) is 11.8 Å². The number of amides is 2. The van der Waals surface area contributed by atoms with Crippen LogP contribution in [-0.4, -0.2) is 36.9 Å². The fourth-order valence-electron chi connectivity index (χ4n) is 4.07. The molecule has 1 atom stereocenters. The average Bonchev–Trinajstić information content (AvgIpc) is 3.10. The maximum atomic E-state index is 13.1. The van der Waals surface area contributed by atoms with Gasteiger partial charge in [0.15, 0.2) is 0 Å². The molecule has 0 bridgehead atoms. The first kappa shape index (κ1) is 18.8. The van der Waals surface area contributed by atoms with E-state index < -0.39 is 0 Å². The van der Waals surface area contributed by atoms with Gasteiger partial charge < -0.3 is 14.5 Å². The lowest BCUT2D eigenvalue weighted by Crippen LogP contribution is -2.40. The maximum Gasteiger partial charge on any atom is 0.228 e. The van der Waals surface area contributed by atoms with Gasteiger partial charge in [-0.3, -0.25) is 9.59 Å². The van der Waals surface area contributed by atoms with E-state index in [1.165, 1.54) is 11.1 Å². The molecule has 1 unspecified atom stereocenters. The number of fused-ring (bicyclic) bond motifs is 1. The summed E-state index contributed by atoms with van der Waals surface area (Å²) in [5.74, 6) is 0.202. The molecule has 2 aliphatic rings. The van der Waals surface area contributed by atoms with Crippen LogP contribution in [-0.2, 0) is 22.6 Å². The van der Waals surface area contributed by atoms with Gasteiger partial charge in [0, 0.05) is 37.1 Å². The number of ether oxygens (including phenoxy) is 1. The standard InChI is InChI=1S/C22H23ClN2O3/c1-14-9-19(20(28-2)11-18(14)23)25-13-17(10-21(25)26)22(27)24-8-7-15-5-3-4-6-16(15)12-24/h3-6,9,11,17H,7-8,10,12-13H2,1-2H3. The van der Waals surface area contributed by atoms with E-state index in [9.17, 15) is 9.59 Å². The van der Waals surface area contributed by atoms with Crippen LogP contribution in [0, 0.1) is 12.8 Å². The molecule has 0 saturated carbocycles. The smallest absolute Gasteiger partial charge is 0.228 e. The third-order valence-corrected chi connectivity index (χ3v) is 6.07. The Bertz CT molecular complexity index is 943. The molecular formula is C22H23ClN2O3. The molecule has 2 aromatic carbocycles. The van der Waals surface area contributed by atoms with Crippen LogP contribution in [0.3, 0.4) is 0 Å². The Balaban J connectivity index is 1.53. The van der Waals surface area contributed by atoms with E-state index in [2.05, 4.69) is 12.1 Å². The Hall–Kier alpha value is -2.53. The van der Waals surface area contributed by atoms with Crippen molar-refractivity contribution in [2.45, 2.75) is 26.3 Å². The van der Waals surface area contributed by atoms with Crippen LogP contribution >= 0.6 is 11.6 Å². The highest BCUT2D eigenvalue weighted by Crippen LogP contribution is 2.37. The van der Waals surface area contributed by atoms with Crippen molar-refractivity contribution in [1.29, 1.82) is 0 Å². The fourth-order valence-corrected chi connectivity index (χ4v) is 4.22. The van der Waals surface area contributed by atoms with Crippen LogP contribution in [0.5, 0.6) is 5.75 Å². The number of carbonyl (C=O) groups is 2. The van der Waals surface area contributed by atoms with Gasteiger partial charge in [-0.15, -0.1) is 0 Å². The zero-order chi connectivity index (χ0) is 19.8. The summed E-state index contributed by atoms with van der Waals surface area (Å²) >= 11 is 6.19. The molecule has 2 heterocycles. The van der Waals surface area contributed by atoms with Gasteiger partial charge in [0.1, 0.15) is 5.75 Å². The summed E-state index contributed by atoms with van der Waals surface area (Å²) in [5, 5.41) is 0.590. The molecule has 1 saturated heterocycles. The molecule has 5 nitrogen and oxygen atoms in total.